The largest absolute Gasteiger partial charge is 0.484 e. The average Bonchev–Trinajstić information content (AvgIpc) is 3.02. The second-order valence-electron chi connectivity index (χ2n) is 5.18. The molecule has 0 aliphatic heterocycles. The predicted octanol–water partition coefficient (Wildman–Crippen LogP) is 1.32. The van der Waals surface area contributed by atoms with Crippen LogP contribution in [0.2, 0.25) is 0 Å². The van der Waals surface area contributed by atoms with Gasteiger partial charge in [-0.25, -0.2) is 15.0 Å². The lowest BCUT2D eigenvalue weighted by Gasteiger charge is -2.08. The van der Waals surface area contributed by atoms with E-state index in [1.165, 1.54) is 6.33 Å². The summed E-state index contributed by atoms with van der Waals surface area (Å²) in [6.45, 7) is 3.23. The summed E-state index contributed by atoms with van der Waals surface area (Å²) in [5.74, 6) is 0.764. The number of anilines is 1. The van der Waals surface area contributed by atoms with Crippen molar-refractivity contribution in [3.05, 3.63) is 42.5 Å². The van der Waals surface area contributed by atoms with Gasteiger partial charge in [0.15, 0.2) is 18.1 Å². The topological polar surface area (TPSA) is 108 Å². The van der Waals surface area contributed by atoms with Crippen LogP contribution in [0.3, 0.4) is 0 Å². The van der Waals surface area contributed by atoms with Crippen molar-refractivity contribution < 1.29 is 9.53 Å². The zero-order valence-electron chi connectivity index (χ0n) is 13.3. The Labute approximate surface area is 138 Å². The van der Waals surface area contributed by atoms with Crippen molar-refractivity contribution >= 4 is 22.9 Å². The SMILES string of the molecule is CCn1cnc2c(NCc3cccc(OCC(N)=O)c3)ncnc21. The van der Waals surface area contributed by atoms with Gasteiger partial charge in [-0.05, 0) is 24.6 Å². The maximum Gasteiger partial charge on any atom is 0.255 e. The minimum Gasteiger partial charge on any atom is -0.484 e. The molecule has 1 amide bonds. The fourth-order valence-corrected chi connectivity index (χ4v) is 2.33. The molecule has 0 aliphatic carbocycles. The lowest BCUT2D eigenvalue weighted by molar-refractivity contribution is -0.119. The molecule has 0 bridgehead atoms. The molecule has 0 radical (unpaired) electrons. The second-order valence-corrected chi connectivity index (χ2v) is 5.18. The number of hydrogen-bond acceptors (Lipinski definition) is 6. The molecule has 2 aromatic heterocycles. The first-order valence-electron chi connectivity index (χ1n) is 7.57. The smallest absolute Gasteiger partial charge is 0.255 e. The third-order valence-corrected chi connectivity index (χ3v) is 3.48. The molecule has 2 heterocycles. The van der Waals surface area contributed by atoms with Crippen LogP contribution in [0.5, 0.6) is 5.75 Å². The number of rotatable bonds is 7. The van der Waals surface area contributed by atoms with E-state index in [0.29, 0.717) is 18.1 Å². The van der Waals surface area contributed by atoms with Gasteiger partial charge in [-0.3, -0.25) is 4.79 Å². The van der Waals surface area contributed by atoms with Gasteiger partial charge in [-0.15, -0.1) is 0 Å². The maximum absolute atomic E-state index is 10.8. The Morgan fingerprint density at radius 2 is 2.21 bits per heavy atom. The summed E-state index contributed by atoms with van der Waals surface area (Å²) in [6, 6.07) is 7.43. The minimum absolute atomic E-state index is 0.141. The third-order valence-electron chi connectivity index (χ3n) is 3.48. The number of imidazole rings is 1. The van der Waals surface area contributed by atoms with Crippen molar-refractivity contribution in [3.63, 3.8) is 0 Å². The quantitative estimate of drug-likeness (QED) is 0.678. The molecule has 0 aliphatic rings. The number of amides is 1. The number of fused-ring (bicyclic) bond motifs is 1. The van der Waals surface area contributed by atoms with E-state index in [-0.39, 0.29) is 6.61 Å². The normalized spacial score (nSPS) is 10.7. The van der Waals surface area contributed by atoms with Crippen LogP contribution in [0.1, 0.15) is 12.5 Å². The summed E-state index contributed by atoms with van der Waals surface area (Å²) in [4.78, 5) is 23.7. The number of hydrogen-bond donors (Lipinski definition) is 2. The first-order chi connectivity index (χ1) is 11.7. The summed E-state index contributed by atoms with van der Waals surface area (Å²) in [5, 5.41) is 3.26. The van der Waals surface area contributed by atoms with E-state index in [0.717, 1.165) is 23.3 Å². The molecule has 0 saturated heterocycles. The predicted molar refractivity (Wildman–Crippen MR) is 89.5 cm³/mol. The van der Waals surface area contributed by atoms with Crippen LogP contribution in [0, 0.1) is 0 Å². The van der Waals surface area contributed by atoms with Gasteiger partial charge in [-0.2, -0.15) is 0 Å². The summed E-state index contributed by atoms with van der Waals surface area (Å²) in [6.07, 6.45) is 3.27. The van der Waals surface area contributed by atoms with Crippen LogP contribution in [-0.4, -0.2) is 32.0 Å². The fraction of sp³-hybridized carbons (Fsp3) is 0.250. The molecular formula is C16H18N6O2. The molecule has 0 fully saturated rings. The maximum atomic E-state index is 10.8. The highest BCUT2D eigenvalue weighted by Gasteiger charge is 2.09. The highest BCUT2D eigenvalue weighted by Crippen LogP contribution is 2.19. The van der Waals surface area contributed by atoms with Crippen LogP contribution < -0.4 is 15.8 Å². The van der Waals surface area contributed by atoms with Crippen molar-refractivity contribution in [1.82, 2.24) is 19.5 Å². The van der Waals surface area contributed by atoms with Crippen LogP contribution in [0.15, 0.2) is 36.9 Å². The van der Waals surface area contributed by atoms with Gasteiger partial charge in [0.05, 0.1) is 6.33 Å². The number of aryl methyl sites for hydroxylation is 1. The number of carbonyl (C=O) groups excluding carboxylic acids is 1. The highest BCUT2D eigenvalue weighted by atomic mass is 16.5. The van der Waals surface area contributed by atoms with Gasteiger partial charge in [0.2, 0.25) is 0 Å². The average molecular weight is 326 g/mol. The molecule has 0 saturated carbocycles. The van der Waals surface area contributed by atoms with Crippen LogP contribution >= 0.6 is 0 Å². The number of ether oxygens (including phenoxy) is 1. The van der Waals surface area contributed by atoms with Gasteiger partial charge in [-0.1, -0.05) is 12.1 Å². The van der Waals surface area contributed by atoms with Crippen LogP contribution in [0.25, 0.3) is 11.2 Å². The van der Waals surface area contributed by atoms with Gasteiger partial charge < -0.3 is 20.4 Å². The Hall–Kier alpha value is -3.16. The Kier molecular flexibility index (Phi) is 4.55. The molecule has 3 rings (SSSR count). The lowest BCUT2D eigenvalue weighted by atomic mass is 10.2. The van der Waals surface area contributed by atoms with Crippen molar-refractivity contribution in [2.75, 3.05) is 11.9 Å². The standard InChI is InChI=1S/C16H18N6O2/c1-2-22-10-21-14-15(19-9-20-16(14)22)18-7-11-4-3-5-12(6-11)24-8-13(17)23/h3-6,9-10H,2,7-8H2,1H3,(H2,17,23)(H,18,19,20). The van der Waals surface area contributed by atoms with E-state index in [1.54, 1.807) is 12.4 Å². The van der Waals surface area contributed by atoms with Crippen molar-refractivity contribution in [2.24, 2.45) is 5.73 Å². The molecule has 3 N–H and O–H groups in total. The first-order valence-corrected chi connectivity index (χ1v) is 7.57. The fourth-order valence-electron chi connectivity index (χ4n) is 2.33. The van der Waals surface area contributed by atoms with Crippen LogP contribution in [-0.2, 0) is 17.9 Å². The van der Waals surface area contributed by atoms with E-state index < -0.39 is 5.91 Å². The van der Waals surface area contributed by atoms with Crippen molar-refractivity contribution in [1.29, 1.82) is 0 Å². The lowest BCUT2D eigenvalue weighted by Crippen LogP contribution is -2.20. The monoisotopic (exact) mass is 326 g/mol. The van der Waals surface area contributed by atoms with E-state index in [2.05, 4.69) is 20.3 Å². The number of benzene rings is 1. The number of nitrogens with zero attached hydrogens (tertiary/aromatic N) is 4. The van der Waals surface area contributed by atoms with Gasteiger partial charge in [0.25, 0.3) is 5.91 Å². The number of primary amides is 1. The molecule has 124 valence electrons. The van der Waals surface area contributed by atoms with E-state index in [4.69, 9.17) is 10.5 Å². The van der Waals surface area contributed by atoms with E-state index >= 15 is 0 Å². The summed E-state index contributed by atoms with van der Waals surface area (Å²) >= 11 is 0. The minimum atomic E-state index is -0.506. The van der Waals surface area contributed by atoms with Gasteiger partial charge in [0.1, 0.15) is 17.6 Å². The third kappa shape index (κ3) is 3.43. The molecular weight excluding hydrogens is 308 g/mol. The zero-order chi connectivity index (χ0) is 16.9. The van der Waals surface area contributed by atoms with Crippen molar-refractivity contribution in [2.45, 2.75) is 20.0 Å². The summed E-state index contributed by atoms with van der Waals surface area (Å²) in [5.41, 5.74) is 7.60. The van der Waals surface area contributed by atoms with Crippen molar-refractivity contribution in [3.8, 4) is 5.75 Å². The molecule has 0 spiro atoms. The highest BCUT2D eigenvalue weighted by molar-refractivity contribution is 5.82. The number of nitrogens with one attached hydrogen (secondary N) is 1. The Bertz CT molecular complexity index is 861. The Morgan fingerprint density at radius 3 is 3.00 bits per heavy atom. The Morgan fingerprint density at radius 1 is 1.33 bits per heavy atom. The number of aromatic nitrogens is 4. The zero-order valence-corrected chi connectivity index (χ0v) is 13.3. The van der Waals surface area contributed by atoms with E-state index in [1.807, 2.05) is 29.7 Å². The molecule has 3 aromatic rings. The number of nitrogens with two attached hydrogens (primary N) is 1. The van der Waals surface area contributed by atoms with Crippen LogP contribution in [0.4, 0.5) is 5.82 Å². The first kappa shape index (κ1) is 15.7. The molecule has 1 aromatic carbocycles. The molecule has 0 unspecified atom stereocenters. The van der Waals surface area contributed by atoms with E-state index in [9.17, 15) is 4.79 Å². The molecule has 0 atom stereocenters. The molecule has 8 heteroatoms. The molecule has 24 heavy (non-hydrogen) atoms. The second kappa shape index (κ2) is 6.95. The number of carbonyl (C=O) groups is 1. The van der Waals surface area contributed by atoms with Gasteiger partial charge in [0, 0.05) is 13.1 Å². The summed E-state index contributed by atoms with van der Waals surface area (Å²) in [7, 11) is 0. The Balaban J connectivity index is 1.73. The van der Waals surface area contributed by atoms with Gasteiger partial charge >= 0.3 is 0 Å². The summed E-state index contributed by atoms with van der Waals surface area (Å²) < 4.78 is 7.26. The molecule has 8 nitrogen and oxygen atoms in total.